The lowest BCUT2D eigenvalue weighted by atomic mass is 9.84. The lowest BCUT2D eigenvalue weighted by molar-refractivity contribution is 0.281. The van der Waals surface area contributed by atoms with Crippen molar-refractivity contribution in [1.29, 1.82) is 0 Å². The largest absolute Gasteiger partial charge is 0.361 e. The highest BCUT2D eigenvalue weighted by atomic mass is 32.2. The number of nitrogens with one attached hydrogen (secondary N) is 1. The van der Waals surface area contributed by atoms with E-state index in [0.29, 0.717) is 11.5 Å². The molecule has 3 nitrogen and oxygen atoms in total. The molecule has 19 heavy (non-hydrogen) atoms. The number of rotatable bonds is 7. The average Bonchev–Trinajstić information content (AvgIpc) is 2.46. The third-order valence-corrected chi connectivity index (χ3v) is 5.65. The van der Waals surface area contributed by atoms with E-state index in [-0.39, 0.29) is 0 Å². The van der Waals surface area contributed by atoms with Crippen molar-refractivity contribution >= 4 is 16.9 Å². The van der Waals surface area contributed by atoms with Gasteiger partial charge >= 0.3 is 0 Å². The van der Waals surface area contributed by atoms with Crippen LogP contribution in [0.2, 0.25) is 0 Å². The van der Waals surface area contributed by atoms with E-state index >= 15 is 0 Å². The van der Waals surface area contributed by atoms with E-state index in [1.54, 1.807) is 0 Å². The Kier molecular flexibility index (Phi) is 7.22. The summed E-state index contributed by atoms with van der Waals surface area (Å²) in [4.78, 5) is 7.23. The molecule has 0 aromatic carbocycles. The van der Waals surface area contributed by atoms with E-state index in [1.165, 1.54) is 18.6 Å². The van der Waals surface area contributed by atoms with E-state index in [4.69, 9.17) is 4.99 Å². The summed E-state index contributed by atoms with van der Waals surface area (Å²) >= 11 is 1.91. The Balaban J connectivity index is 2.44. The highest BCUT2D eigenvalue weighted by Gasteiger charge is 2.30. The molecule has 1 heterocycles. The zero-order valence-electron chi connectivity index (χ0n) is 13.3. The number of nitrogens with zero attached hydrogens (tertiary/aromatic N) is 2. The molecule has 1 aliphatic rings. The van der Waals surface area contributed by atoms with Crippen LogP contribution >= 0.6 is 11.8 Å². The SMILES string of the molecule is CCN(CC)CC(C)NC1=NCC(CC)(CC)CS1. The summed E-state index contributed by atoms with van der Waals surface area (Å²) in [6.07, 6.45) is 2.48. The molecule has 0 aliphatic carbocycles. The van der Waals surface area contributed by atoms with Crippen molar-refractivity contribution in [2.45, 2.75) is 53.5 Å². The summed E-state index contributed by atoms with van der Waals surface area (Å²) < 4.78 is 0. The van der Waals surface area contributed by atoms with Crippen LogP contribution < -0.4 is 5.32 Å². The highest BCUT2D eigenvalue weighted by Crippen LogP contribution is 2.34. The Morgan fingerprint density at radius 2 is 1.89 bits per heavy atom. The molecule has 0 amide bonds. The Morgan fingerprint density at radius 1 is 1.26 bits per heavy atom. The van der Waals surface area contributed by atoms with Gasteiger partial charge in [0.15, 0.2) is 5.17 Å². The molecule has 0 radical (unpaired) electrons. The number of hydrogen-bond acceptors (Lipinski definition) is 4. The zero-order chi connectivity index (χ0) is 14.3. The van der Waals surface area contributed by atoms with E-state index in [2.05, 4.69) is 44.8 Å². The van der Waals surface area contributed by atoms with Gasteiger partial charge in [-0.25, -0.2) is 0 Å². The van der Waals surface area contributed by atoms with Gasteiger partial charge in [-0.3, -0.25) is 4.99 Å². The Morgan fingerprint density at radius 3 is 2.32 bits per heavy atom. The molecule has 1 unspecified atom stereocenters. The van der Waals surface area contributed by atoms with Crippen LogP contribution in [0.3, 0.4) is 0 Å². The van der Waals surface area contributed by atoms with E-state index in [0.717, 1.165) is 31.3 Å². The maximum Gasteiger partial charge on any atom is 0.156 e. The van der Waals surface area contributed by atoms with E-state index in [9.17, 15) is 0 Å². The first-order valence-corrected chi connectivity index (χ1v) is 8.73. The fraction of sp³-hybridized carbons (Fsp3) is 0.933. The Labute approximate surface area is 123 Å². The maximum atomic E-state index is 4.77. The number of amidine groups is 1. The van der Waals surface area contributed by atoms with Gasteiger partial charge < -0.3 is 10.2 Å². The fourth-order valence-electron chi connectivity index (χ4n) is 2.44. The summed E-state index contributed by atoms with van der Waals surface area (Å²) in [6.45, 7) is 15.6. The fourth-order valence-corrected chi connectivity index (χ4v) is 3.83. The van der Waals surface area contributed by atoms with Crippen LogP contribution in [0.1, 0.15) is 47.5 Å². The first-order chi connectivity index (χ1) is 9.09. The van der Waals surface area contributed by atoms with Crippen molar-refractivity contribution in [1.82, 2.24) is 10.2 Å². The Hall–Kier alpha value is -0.220. The van der Waals surface area contributed by atoms with Crippen LogP contribution in [0.15, 0.2) is 4.99 Å². The molecule has 1 N–H and O–H groups in total. The molecule has 0 fully saturated rings. The lowest BCUT2D eigenvalue weighted by Crippen LogP contribution is -2.43. The van der Waals surface area contributed by atoms with Gasteiger partial charge in [0.25, 0.3) is 0 Å². The summed E-state index contributed by atoms with van der Waals surface area (Å²) in [7, 11) is 0. The van der Waals surface area contributed by atoms with E-state index < -0.39 is 0 Å². The normalized spacial score (nSPS) is 20.2. The maximum absolute atomic E-state index is 4.77. The second-order valence-electron chi connectivity index (χ2n) is 5.65. The molecule has 1 aliphatic heterocycles. The van der Waals surface area contributed by atoms with Crippen molar-refractivity contribution in [2.24, 2.45) is 10.4 Å². The summed E-state index contributed by atoms with van der Waals surface area (Å²) in [5.74, 6) is 1.21. The Bertz CT molecular complexity index is 283. The minimum Gasteiger partial charge on any atom is -0.361 e. The van der Waals surface area contributed by atoms with Crippen molar-refractivity contribution in [2.75, 3.05) is 31.9 Å². The second kappa shape index (κ2) is 8.15. The topological polar surface area (TPSA) is 27.6 Å². The predicted molar refractivity (Wildman–Crippen MR) is 88.2 cm³/mol. The van der Waals surface area contributed by atoms with E-state index in [1.807, 2.05) is 11.8 Å². The van der Waals surface area contributed by atoms with Crippen LogP contribution in [0.4, 0.5) is 0 Å². The van der Waals surface area contributed by atoms with Crippen LogP contribution in [0, 0.1) is 5.41 Å². The molecule has 0 saturated carbocycles. The summed E-state index contributed by atoms with van der Waals surface area (Å²) in [5.41, 5.74) is 0.442. The first-order valence-electron chi connectivity index (χ1n) is 7.75. The zero-order valence-corrected chi connectivity index (χ0v) is 14.1. The molecular weight excluding hydrogens is 254 g/mol. The molecular formula is C15H31N3S. The highest BCUT2D eigenvalue weighted by molar-refractivity contribution is 8.13. The van der Waals surface area contributed by atoms with Crippen molar-refractivity contribution in [3.05, 3.63) is 0 Å². The molecule has 1 rings (SSSR count). The van der Waals surface area contributed by atoms with Crippen molar-refractivity contribution < 1.29 is 0 Å². The van der Waals surface area contributed by atoms with Crippen molar-refractivity contribution in [3.63, 3.8) is 0 Å². The number of likely N-dealkylation sites (N-methyl/N-ethyl adjacent to an activating group) is 1. The summed E-state index contributed by atoms with van der Waals surface area (Å²) in [6, 6.07) is 0.474. The van der Waals surface area contributed by atoms with Gasteiger partial charge in [0.2, 0.25) is 0 Å². The minimum atomic E-state index is 0.442. The lowest BCUT2D eigenvalue weighted by Gasteiger charge is -2.34. The number of thioether (sulfide) groups is 1. The summed E-state index contributed by atoms with van der Waals surface area (Å²) in [5, 5.41) is 4.73. The third-order valence-electron chi connectivity index (χ3n) is 4.37. The molecule has 112 valence electrons. The van der Waals surface area contributed by atoms with Gasteiger partial charge in [0, 0.05) is 24.9 Å². The first kappa shape index (κ1) is 16.8. The van der Waals surface area contributed by atoms with Crippen molar-refractivity contribution in [3.8, 4) is 0 Å². The molecule has 0 aromatic rings. The average molecular weight is 286 g/mol. The van der Waals surface area contributed by atoms with Gasteiger partial charge in [-0.05, 0) is 38.3 Å². The number of hydrogen-bond donors (Lipinski definition) is 1. The van der Waals surface area contributed by atoms with Crippen LogP contribution in [-0.4, -0.2) is 48.0 Å². The molecule has 1 atom stereocenters. The van der Waals surface area contributed by atoms with Crippen LogP contribution in [0.5, 0.6) is 0 Å². The standard InChI is InChI=1S/C15H31N3S/c1-6-15(7-2)11-16-14(19-12-15)17-13(5)10-18(8-3)9-4/h13H,6-12H2,1-5H3,(H,16,17). The monoisotopic (exact) mass is 285 g/mol. The van der Waals surface area contributed by atoms with Crippen LogP contribution in [0.25, 0.3) is 0 Å². The van der Waals surface area contributed by atoms with Gasteiger partial charge in [-0.15, -0.1) is 0 Å². The van der Waals surface area contributed by atoms with Gasteiger partial charge in [0.1, 0.15) is 0 Å². The third kappa shape index (κ3) is 4.99. The van der Waals surface area contributed by atoms with Gasteiger partial charge in [0.05, 0.1) is 0 Å². The van der Waals surface area contributed by atoms with Gasteiger partial charge in [-0.2, -0.15) is 0 Å². The molecule has 4 heteroatoms. The van der Waals surface area contributed by atoms with Crippen LogP contribution in [-0.2, 0) is 0 Å². The molecule has 0 aromatic heterocycles. The quantitative estimate of drug-likeness (QED) is 0.778. The van der Waals surface area contributed by atoms with Gasteiger partial charge in [-0.1, -0.05) is 39.5 Å². The second-order valence-corrected chi connectivity index (χ2v) is 6.61. The smallest absolute Gasteiger partial charge is 0.156 e. The molecule has 0 saturated heterocycles. The number of aliphatic imine (C=N–C) groups is 1. The molecule has 0 spiro atoms. The predicted octanol–water partition coefficient (Wildman–Crippen LogP) is 3.22. The minimum absolute atomic E-state index is 0.442. The molecule has 0 bridgehead atoms.